The highest BCUT2D eigenvalue weighted by Crippen LogP contribution is 2.27. The highest BCUT2D eigenvalue weighted by molar-refractivity contribution is 5.87. The molecule has 3 heteroatoms. The van der Waals surface area contributed by atoms with Crippen LogP contribution in [0.3, 0.4) is 0 Å². The molecule has 1 aliphatic rings. The molecule has 0 atom stereocenters. The number of nitrogens with zero attached hydrogens (tertiary/aromatic N) is 1. The number of rotatable bonds is 3. The Kier molecular flexibility index (Phi) is 3.67. The highest BCUT2D eigenvalue weighted by atomic mass is 16.3. The Hall–Kier alpha value is -1.58. The summed E-state index contributed by atoms with van der Waals surface area (Å²) < 4.78 is 0. The van der Waals surface area contributed by atoms with Crippen molar-refractivity contribution in [1.82, 2.24) is 10.4 Å². The topological polar surface area (TPSA) is 35.5 Å². The van der Waals surface area contributed by atoms with Crippen molar-refractivity contribution < 1.29 is 5.11 Å². The molecule has 1 aliphatic heterocycles. The molecular formula is C16H20N2O. The first-order valence-electron chi connectivity index (χ1n) is 7.02. The Morgan fingerprint density at radius 1 is 1.00 bits per heavy atom. The maximum absolute atomic E-state index is 10.1. The van der Waals surface area contributed by atoms with E-state index in [2.05, 4.69) is 22.6 Å². The van der Waals surface area contributed by atoms with Gasteiger partial charge in [-0.1, -0.05) is 36.8 Å². The second kappa shape index (κ2) is 5.59. The number of fused-ring (bicyclic) bond motifs is 1. The first-order valence-corrected chi connectivity index (χ1v) is 7.02. The molecule has 100 valence electrons. The van der Waals surface area contributed by atoms with Gasteiger partial charge in [0, 0.05) is 25.2 Å². The van der Waals surface area contributed by atoms with Gasteiger partial charge in [0.1, 0.15) is 5.75 Å². The fraction of sp³-hybridized carbons (Fsp3) is 0.375. The third-order valence-corrected chi connectivity index (χ3v) is 3.85. The van der Waals surface area contributed by atoms with Gasteiger partial charge in [0.05, 0.1) is 0 Å². The predicted molar refractivity (Wildman–Crippen MR) is 77.9 cm³/mol. The minimum atomic E-state index is 0.378. The maximum atomic E-state index is 10.1. The zero-order valence-corrected chi connectivity index (χ0v) is 11.1. The van der Waals surface area contributed by atoms with E-state index in [1.807, 2.05) is 18.2 Å². The number of piperidine rings is 1. The SMILES string of the molecule is Oc1ccc2ccccc2c1CNN1CCCCC1. The molecular weight excluding hydrogens is 236 g/mol. The molecule has 0 radical (unpaired) electrons. The Labute approximate surface area is 113 Å². The summed E-state index contributed by atoms with van der Waals surface area (Å²) in [5.41, 5.74) is 4.43. The van der Waals surface area contributed by atoms with Gasteiger partial charge in [0.2, 0.25) is 0 Å². The van der Waals surface area contributed by atoms with Crippen molar-refractivity contribution in [3.8, 4) is 5.75 Å². The molecule has 0 unspecified atom stereocenters. The molecule has 1 fully saturated rings. The van der Waals surface area contributed by atoms with E-state index in [-0.39, 0.29) is 0 Å². The van der Waals surface area contributed by atoms with Crippen molar-refractivity contribution in [2.24, 2.45) is 0 Å². The summed E-state index contributed by atoms with van der Waals surface area (Å²) in [6.07, 6.45) is 3.85. The van der Waals surface area contributed by atoms with Crippen LogP contribution in [-0.4, -0.2) is 23.2 Å². The zero-order chi connectivity index (χ0) is 13.1. The Morgan fingerprint density at radius 2 is 1.79 bits per heavy atom. The zero-order valence-electron chi connectivity index (χ0n) is 11.1. The number of hydrogen-bond donors (Lipinski definition) is 2. The third kappa shape index (κ3) is 2.72. The lowest BCUT2D eigenvalue weighted by Crippen LogP contribution is -2.41. The summed E-state index contributed by atoms with van der Waals surface area (Å²) >= 11 is 0. The van der Waals surface area contributed by atoms with Gasteiger partial charge in [-0.3, -0.25) is 5.43 Å². The highest BCUT2D eigenvalue weighted by Gasteiger charge is 2.11. The van der Waals surface area contributed by atoms with Crippen LogP contribution in [0.2, 0.25) is 0 Å². The van der Waals surface area contributed by atoms with Gasteiger partial charge in [-0.05, 0) is 29.7 Å². The molecule has 1 saturated heterocycles. The molecule has 1 heterocycles. The second-order valence-corrected chi connectivity index (χ2v) is 5.17. The Balaban J connectivity index is 1.81. The van der Waals surface area contributed by atoms with Crippen molar-refractivity contribution in [2.75, 3.05) is 13.1 Å². The molecule has 19 heavy (non-hydrogen) atoms. The number of hydrogen-bond acceptors (Lipinski definition) is 3. The average Bonchev–Trinajstić information content (AvgIpc) is 2.47. The summed E-state index contributed by atoms with van der Waals surface area (Å²) in [7, 11) is 0. The fourth-order valence-corrected chi connectivity index (χ4v) is 2.75. The minimum Gasteiger partial charge on any atom is -0.508 e. The summed E-state index contributed by atoms with van der Waals surface area (Å²) in [4.78, 5) is 0. The second-order valence-electron chi connectivity index (χ2n) is 5.17. The molecule has 0 aliphatic carbocycles. The number of hydrazine groups is 1. The van der Waals surface area contributed by atoms with Crippen molar-refractivity contribution in [3.05, 3.63) is 42.0 Å². The molecule has 3 rings (SSSR count). The van der Waals surface area contributed by atoms with E-state index in [9.17, 15) is 5.11 Å². The molecule has 0 amide bonds. The van der Waals surface area contributed by atoms with Crippen LogP contribution < -0.4 is 5.43 Å². The van der Waals surface area contributed by atoms with Crippen molar-refractivity contribution in [3.63, 3.8) is 0 Å². The van der Waals surface area contributed by atoms with Gasteiger partial charge in [0.25, 0.3) is 0 Å². The van der Waals surface area contributed by atoms with Gasteiger partial charge in [-0.2, -0.15) is 0 Å². The van der Waals surface area contributed by atoms with E-state index in [0.717, 1.165) is 24.0 Å². The quantitative estimate of drug-likeness (QED) is 0.886. The molecule has 0 spiro atoms. The van der Waals surface area contributed by atoms with Gasteiger partial charge in [-0.15, -0.1) is 0 Å². The first-order chi connectivity index (χ1) is 9.34. The standard InChI is InChI=1S/C16H20N2O/c19-16-9-8-13-6-2-3-7-14(13)15(16)12-17-18-10-4-1-5-11-18/h2-3,6-9,17,19H,1,4-5,10-12H2. The van der Waals surface area contributed by atoms with Gasteiger partial charge >= 0.3 is 0 Å². The van der Waals surface area contributed by atoms with Crippen LogP contribution in [0.5, 0.6) is 5.75 Å². The van der Waals surface area contributed by atoms with Gasteiger partial charge in [0.15, 0.2) is 0 Å². The first kappa shape index (κ1) is 12.5. The van der Waals surface area contributed by atoms with E-state index in [1.165, 1.54) is 24.6 Å². The summed E-state index contributed by atoms with van der Waals surface area (Å²) in [5.74, 6) is 0.378. The maximum Gasteiger partial charge on any atom is 0.120 e. The molecule has 3 nitrogen and oxygen atoms in total. The summed E-state index contributed by atoms with van der Waals surface area (Å²) in [5, 5.41) is 14.7. The minimum absolute atomic E-state index is 0.378. The fourth-order valence-electron chi connectivity index (χ4n) is 2.75. The van der Waals surface area contributed by atoms with E-state index < -0.39 is 0 Å². The Morgan fingerprint density at radius 3 is 2.63 bits per heavy atom. The van der Waals surface area contributed by atoms with E-state index in [4.69, 9.17) is 0 Å². The Bertz CT molecular complexity index is 562. The molecule has 2 aromatic rings. The molecule has 2 N–H and O–H groups in total. The van der Waals surface area contributed by atoms with Crippen LogP contribution in [-0.2, 0) is 6.54 Å². The average molecular weight is 256 g/mol. The number of phenols is 1. The number of phenolic OH excluding ortho intramolecular Hbond substituents is 1. The lowest BCUT2D eigenvalue weighted by molar-refractivity contribution is 0.151. The molecule has 0 saturated carbocycles. The van der Waals surface area contributed by atoms with Crippen LogP contribution >= 0.6 is 0 Å². The third-order valence-electron chi connectivity index (χ3n) is 3.85. The van der Waals surface area contributed by atoms with E-state index >= 15 is 0 Å². The molecule has 0 bridgehead atoms. The summed E-state index contributed by atoms with van der Waals surface area (Å²) in [6.45, 7) is 2.89. The molecule has 0 aromatic heterocycles. The largest absolute Gasteiger partial charge is 0.508 e. The lowest BCUT2D eigenvalue weighted by Gasteiger charge is -2.27. The number of nitrogens with one attached hydrogen (secondary N) is 1. The van der Waals surface area contributed by atoms with Crippen LogP contribution in [0.15, 0.2) is 36.4 Å². The monoisotopic (exact) mass is 256 g/mol. The van der Waals surface area contributed by atoms with Crippen LogP contribution in [0, 0.1) is 0 Å². The van der Waals surface area contributed by atoms with Crippen molar-refractivity contribution in [1.29, 1.82) is 0 Å². The van der Waals surface area contributed by atoms with E-state index in [1.54, 1.807) is 6.07 Å². The number of aromatic hydroxyl groups is 1. The normalized spacial score (nSPS) is 16.8. The van der Waals surface area contributed by atoms with Crippen LogP contribution in [0.4, 0.5) is 0 Å². The predicted octanol–water partition coefficient (Wildman–Crippen LogP) is 3.04. The van der Waals surface area contributed by atoms with Gasteiger partial charge < -0.3 is 5.11 Å². The van der Waals surface area contributed by atoms with Crippen molar-refractivity contribution in [2.45, 2.75) is 25.8 Å². The van der Waals surface area contributed by atoms with E-state index in [0.29, 0.717) is 12.3 Å². The smallest absolute Gasteiger partial charge is 0.120 e. The van der Waals surface area contributed by atoms with Crippen molar-refractivity contribution >= 4 is 10.8 Å². The number of benzene rings is 2. The lowest BCUT2D eigenvalue weighted by atomic mass is 10.0. The molecule has 2 aromatic carbocycles. The summed E-state index contributed by atoms with van der Waals surface area (Å²) in [6, 6.07) is 12.0. The van der Waals surface area contributed by atoms with Crippen LogP contribution in [0.25, 0.3) is 10.8 Å². The van der Waals surface area contributed by atoms with Gasteiger partial charge in [-0.25, -0.2) is 5.01 Å². The van der Waals surface area contributed by atoms with Crippen LogP contribution in [0.1, 0.15) is 24.8 Å².